The first kappa shape index (κ1) is 16.5. The minimum absolute atomic E-state index is 0.0412. The van der Waals surface area contributed by atoms with Crippen molar-refractivity contribution < 1.29 is 24.6 Å². The zero-order chi connectivity index (χ0) is 19.1. The van der Waals surface area contributed by atoms with Crippen LogP contribution in [-0.4, -0.2) is 27.9 Å². The highest BCUT2D eigenvalue weighted by Crippen LogP contribution is 2.38. The van der Waals surface area contributed by atoms with Crippen molar-refractivity contribution in [2.24, 2.45) is 0 Å². The fourth-order valence-electron chi connectivity index (χ4n) is 3.27. The van der Waals surface area contributed by atoms with Crippen molar-refractivity contribution in [2.45, 2.75) is 0 Å². The van der Waals surface area contributed by atoms with Gasteiger partial charge in [0.25, 0.3) is 5.91 Å². The van der Waals surface area contributed by atoms with Crippen LogP contribution in [0.2, 0.25) is 0 Å². The number of aromatic hydroxyl groups is 1. The monoisotopic (exact) mass is 359 g/mol. The highest BCUT2D eigenvalue weighted by Gasteiger charge is 2.30. The van der Waals surface area contributed by atoms with Crippen molar-refractivity contribution in [1.29, 1.82) is 0 Å². The molecular formula is C21H13NO5. The van der Waals surface area contributed by atoms with Gasteiger partial charge in [0.1, 0.15) is 5.56 Å². The number of carboxylic acid groups (broad SMARTS) is 1. The number of hydrogen-bond donors (Lipinski definition) is 3. The molecule has 0 radical (unpaired) electrons. The first-order chi connectivity index (χ1) is 13.0. The van der Waals surface area contributed by atoms with E-state index in [-0.39, 0.29) is 22.6 Å². The molecule has 6 nitrogen and oxygen atoms in total. The van der Waals surface area contributed by atoms with E-state index in [1.807, 2.05) is 12.1 Å². The predicted octanol–water partition coefficient (Wildman–Crippen LogP) is 3.55. The molecule has 0 unspecified atom stereocenters. The van der Waals surface area contributed by atoms with Crippen LogP contribution in [-0.2, 0) is 0 Å². The number of carbonyl (C=O) groups excluding carboxylic acids is 2. The van der Waals surface area contributed by atoms with Crippen LogP contribution in [0.4, 0.5) is 5.69 Å². The lowest BCUT2D eigenvalue weighted by Crippen LogP contribution is -2.16. The summed E-state index contributed by atoms with van der Waals surface area (Å²) in [6.45, 7) is 0. The number of anilines is 1. The number of amides is 1. The minimum atomic E-state index is -1.31. The summed E-state index contributed by atoms with van der Waals surface area (Å²) in [6.07, 6.45) is 0. The van der Waals surface area contributed by atoms with Gasteiger partial charge in [0, 0.05) is 11.1 Å². The predicted molar refractivity (Wildman–Crippen MR) is 98.3 cm³/mol. The molecule has 0 fully saturated rings. The maximum absolute atomic E-state index is 12.8. The molecule has 0 spiro atoms. The Labute approximate surface area is 153 Å². The van der Waals surface area contributed by atoms with Crippen LogP contribution in [0.15, 0.2) is 60.7 Å². The molecule has 0 bridgehead atoms. The van der Waals surface area contributed by atoms with Gasteiger partial charge >= 0.3 is 5.97 Å². The SMILES string of the molecule is O=C(O)c1cccc(NC(=O)c2cccc3c2C(=O)c2ccccc2-3)c1O. The Hall–Kier alpha value is -3.93. The molecule has 27 heavy (non-hydrogen) atoms. The molecule has 6 heteroatoms. The topological polar surface area (TPSA) is 104 Å². The van der Waals surface area contributed by atoms with Gasteiger partial charge in [-0.25, -0.2) is 4.79 Å². The van der Waals surface area contributed by atoms with Crippen molar-refractivity contribution in [2.75, 3.05) is 5.32 Å². The van der Waals surface area contributed by atoms with Gasteiger partial charge in [0.15, 0.2) is 11.5 Å². The average Bonchev–Trinajstić information content (AvgIpc) is 2.96. The third-order valence-corrected chi connectivity index (χ3v) is 4.51. The van der Waals surface area contributed by atoms with Crippen LogP contribution in [0.1, 0.15) is 36.6 Å². The third-order valence-electron chi connectivity index (χ3n) is 4.51. The Balaban J connectivity index is 1.75. The summed E-state index contributed by atoms with van der Waals surface area (Å²) in [5.41, 5.74) is 2.06. The lowest BCUT2D eigenvalue weighted by molar-refractivity contribution is 0.0693. The van der Waals surface area contributed by atoms with Gasteiger partial charge in [-0.1, -0.05) is 42.5 Å². The van der Waals surface area contributed by atoms with Gasteiger partial charge in [-0.3, -0.25) is 9.59 Å². The van der Waals surface area contributed by atoms with E-state index in [1.54, 1.807) is 24.3 Å². The molecule has 0 saturated heterocycles. The van der Waals surface area contributed by atoms with E-state index >= 15 is 0 Å². The molecule has 1 aliphatic carbocycles. The van der Waals surface area contributed by atoms with Crippen molar-refractivity contribution in [3.63, 3.8) is 0 Å². The van der Waals surface area contributed by atoms with Crippen LogP contribution in [0.25, 0.3) is 11.1 Å². The van der Waals surface area contributed by atoms with Gasteiger partial charge in [0.05, 0.1) is 11.3 Å². The summed E-state index contributed by atoms with van der Waals surface area (Å²) in [4.78, 5) is 36.7. The van der Waals surface area contributed by atoms with E-state index in [0.717, 1.165) is 5.56 Å². The zero-order valence-electron chi connectivity index (χ0n) is 13.9. The van der Waals surface area contributed by atoms with E-state index < -0.39 is 17.6 Å². The lowest BCUT2D eigenvalue weighted by atomic mass is 10.00. The number of benzene rings is 3. The number of ketones is 1. The van der Waals surface area contributed by atoms with Crippen molar-refractivity contribution in [1.82, 2.24) is 0 Å². The third kappa shape index (κ3) is 2.55. The molecule has 0 aromatic heterocycles. The van der Waals surface area contributed by atoms with Crippen LogP contribution in [0.5, 0.6) is 5.75 Å². The van der Waals surface area contributed by atoms with E-state index in [9.17, 15) is 19.5 Å². The molecule has 0 atom stereocenters. The molecule has 1 amide bonds. The van der Waals surface area contributed by atoms with Gasteiger partial charge in [-0.2, -0.15) is 0 Å². The summed E-state index contributed by atoms with van der Waals surface area (Å²) in [5, 5.41) is 21.7. The summed E-state index contributed by atoms with van der Waals surface area (Å²) >= 11 is 0. The Morgan fingerprint density at radius 1 is 0.778 bits per heavy atom. The first-order valence-electron chi connectivity index (χ1n) is 8.12. The maximum atomic E-state index is 12.8. The van der Waals surface area contributed by atoms with E-state index in [4.69, 9.17) is 5.11 Å². The number of carboxylic acids is 1. The average molecular weight is 359 g/mol. The van der Waals surface area contributed by atoms with Crippen LogP contribution >= 0.6 is 0 Å². The van der Waals surface area contributed by atoms with Crippen LogP contribution < -0.4 is 5.32 Å². The van der Waals surface area contributed by atoms with Crippen molar-refractivity contribution >= 4 is 23.3 Å². The first-order valence-corrected chi connectivity index (χ1v) is 8.12. The van der Waals surface area contributed by atoms with Gasteiger partial charge in [0.2, 0.25) is 0 Å². The number of phenols is 1. The Kier molecular flexibility index (Phi) is 3.74. The number of para-hydroxylation sites is 1. The quantitative estimate of drug-likeness (QED) is 0.485. The summed E-state index contributed by atoms with van der Waals surface area (Å²) in [6, 6.07) is 16.1. The summed E-state index contributed by atoms with van der Waals surface area (Å²) in [7, 11) is 0. The van der Waals surface area contributed by atoms with E-state index in [0.29, 0.717) is 16.7 Å². The second-order valence-electron chi connectivity index (χ2n) is 6.06. The standard InChI is InChI=1S/C21H13NO5/c23-18-15(21(26)27)9-4-10-16(18)22-20(25)14-8-3-7-12-11-5-1-2-6-13(11)19(24)17(12)14/h1-10,23H,(H,22,25)(H,26,27). The molecule has 0 aliphatic heterocycles. The number of carbonyl (C=O) groups is 3. The lowest BCUT2D eigenvalue weighted by Gasteiger charge is -2.11. The fourth-order valence-corrected chi connectivity index (χ4v) is 3.27. The molecule has 0 saturated carbocycles. The van der Waals surface area contributed by atoms with Gasteiger partial charge in [-0.15, -0.1) is 0 Å². The Morgan fingerprint density at radius 3 is 2.15 bits per heavy atom. The van der Waals surface area contributed by atoms with Gasteiger partial charge < -0.3 is 15.5 Å². The highest BCUT2D eigenvalue weighted by molar-refractivity contribution is 6.26. The fraction of sp³-hybridized carbons (Fsp3) is 0. The summed E-state index contributed by atoms with van der Waals surface area (Å²) in [5.74, 6) is -2.70. The number of rotatable bonds is 3. The molecule has 0 heterocycles. The molecule has 4 rings (SSSR count). The molecular weight excluding hydrogens is 346 g/mol. The van der Waals surface area contributed by atoms with E-state index in [1.165, 1.54) is 24.3 Å². The maximum Gasteiger partial charge on any atom is 0.339 e. The zero-order valence-corrected chi connectivity index (χ0v) is 13.9. The van der Waals surface area contributed by atoms with Crippen LogP contribution in [0, 0.1) is 0 Å². The van der Waals surface area contributed by atoms with Crippen LogP contribution in [0.3, 0.4) is 0 Å². The largest absolute Gasteiger partial charge is 0.505 e. The second-order valence-corrected chi connectivity index (χ2v) is 6.06. The van der Waals surface area contributed by atoms with Crippen molar-refractivity contribution in [3.05, 3.63) is 82.9 Å². The smallest absolute Gasteiger partial charge is 0.339 e. The Bertz CT molecular complexity index is 1130. The van der Waals surface area contributed by atoms with E-state index in [2.05, 4.69) is 5.32 Å². The molecule has 3 N–H and O–H groups in total. The number of nitrogens with one attached hydrogen (secondary N) is 1. The van der Waals surface area contributed by atoms with Crippen molar-refractivity contribution in [3.8, 4) is 16.9 Å². The molecule has 3 aromatic rings. The normalized spacial score (nSPS) is 11.6. The number of hydrogen-bond acceptors (Lipinski definition) is 4. The minimum Gasteiger partial charge on any atom is -0.505 e. The van der Waals surface area contributed by atoms with Gasteiger partial charge in [-0.05, 0) is 29.3 Å². The molecule has 1 aliphatic rings. The second kappa shape index (κ2) is 6.10. The molecule has 132 valence electrons. The number of fused-ring (bicyclic) bond motifs is 3. The number of aromatic carboxylic acids is 1. The summed E-state index contributed by atoms with van der Waals surface area (Å²) < 4.78 is 0. The molecule has 3 aromatic carbocycles. The Morgan fingerprint density at radius 2 is 1.41 bits per heavy atom. The highest BCUT2D eigenvalue weighted by atomic mass is 16.4.